The third-order valence-corrected chi connectivity index (χ3v) is 4.56. The predicted molar refractivity (Wildman–Crippen MR) is 113 cm³/mol. The minimum absolute atomic E-state index is 0.206. The molecule has 0 aliphatic rings. The van der Waals surface area contributed by atoms with Gasteiger partial charge in [0, 0.05) is 18.1 Å². The van der Waals surface area contributed by atoms with Crippen LogP contribution in [0.5, 0.6) is 0 Å². The first-order valence-corrected chi connectivity index (χ1v) is 9.29. The summed E-state index contributed by atoms with van der Waals surface area (Å²) < 4.78 is 13.6. The number of amides is 1. The van der Waals surface area contributed by atoms with Gasteiger partial charge in [0.05, 0.1) is 23.1 Å². The average molecular weight is 386 g/mol. The van der Waals surface area contributed by atoms with E-state index in [9.17, 15) is 9.18 Å². The molecule has 0 atom stereocenters. The standard InChI is InChI=1S/C23H19FN4O/c24-19-8-2-1-5-16(19)12-14-25-18-10-11-21(27-15-18)23(29)28-20-9-3-6-17-7-4-13-26-22(17)20/h1-11,13,15,25H,12,14H2,(H,28,29). The fourth-order valence-corrected chi connectivity index (χ4v) is 3.07. The predicted octanol–water partition coefficient (Wildman–Crippen LogP) is 4.68. The Morgan fingerprint density at radius 2 is 1.79 bits per heavy atom. The lowest BCUT2D eigenvalue weighted by Gasteiger charge is -2.09. The molecule has 4 aromatic rings. The van der Waals surface area contributed by atoms with E-state index in [1.165, 1.54) is 6.07 Å². The fraction of sp³-hybridized carbons (Fsp3) is 0.0870. The maximum absolute atomic E-state index is 13.6. The van der Waals surface area contributed by atoms with E-state index in [0.717, 1.165) is 16.6 Å². The van der Waals surface area contributed by atoms with E-state index in [1.54, 1.807) is 36.7 Å². The quantitative estimate of drug-likeness (QED) is 0.505. The molecule has 5 nitrogen and oxygen atoms in total. The van der Waals surface area contributed by atoms with Crippen molar-refractivity contribution in [1.29, 1.82) is 0 Å². The minimum Gasteiger partial charge on any atom is -0.383 e. The van der Waals surface area contributed by atoms with Gasteiger partial charge in [0.1, 0.15) is 11.5 Å². The number of nitrogens with zero attached hydrogens (tertiary/aromatic N) is 2. The Hall–Kier alpha value is -3.80. The number of fused-ring (bicyclic) bond motifs is 1. The minimum atomic E-state index is -0.305. The van der Waals surface area contributed by atoms with Crippen molar-refractivity contribution in [3.8, 4) is 0 Å². The van der Waals surface area contributed by atoms with Gasteiger partial charge in [0.2, 0.25) is 0 Å². The molecule has 2 N–H and O–H groups in total. The van der Waals surface area contributed by atoms with Gasteiger partial charge in [-0.1, -0.05) is 36.4 Å². The van der Waals surface area contributed by atoms with E-state index in [4.69, 9.17) is 0 Å². The van der Waals surface area contributed by atoms with Gasteiger partial charge in [-0.05, 0) is 42.3 Å². The lowest BCUT2D eigenvalue weighted by Crippen LogP contribution is -2.14. The number of aromatic nitrogens is 2. The van der Waals surface area contributed by atoms with E-state index in [2.05, 4.69) is 20.6 Å². The number of nitrogens with one attached hydrogen (secondary N) is 2. The molecule has 0 saturated heterocycles. The molecule has 0 aliphatic carbocycles. The third-order valence-electron chi connectivity index (χ3n) is 4.56. The highest BCUT2D eigenvalue weighted by Gasteiger charge is 2.10. The second-order valence-corrected chi connectivity index (χ2v) is 6.54. The van der Waals surface area contributed by atoms with Crippen LogP contribution in [0.2, 0.25) is 0 Å². The summed E-state index contributed by atoms with van der Waals surface area (Å²) in [4.78, 5) is 21.1. The molecule has 0 radical (unpaired) electrons. The third kappa shape index (κ3) is 4.38. The summed E-state index contributed by atoms with van der Waals surface area (Å²) in [5.41, 5.74) is 3.10. The first-order valence-electron chi connectivity index (χ1n) is 9.29. The Kier molecular flexibility index (Phi) is 5.42. The molecule has 144 valence electrons. The number of carbonyl (C=O) groups is 1. The molecule has 0 saturated carbocycles. The average Bonchev–Trinajstić information content (AvgIpc) is 2.76. The van der Waals surface area contributed by atoms with Crippen molar-refractivity contribution in [2.45, 2.75) is 6.42 Å². The molecule has 6 heteroatoms. The number of rotatable bonds is 6. The number of halogens is 1. The zero-order valence-electron chi connectivity index (χ0n) is 15.6. The normalized spacial score (nSPS) is 10.7. The highest BCUT2D eigenvalue weighted by molar-refractivity contribution is 6.07. The summed E-state index contributed by atoms with van der Waals surface area (Å²) in [5, 5.41) is 7.01. The number of anilines is 2. The maximum Gasteiger partial charge on any atom is 0.274 e. The number of benzene rings is 2. The Bertz CT molecular complexity index is 1140. The molecule has 0 fully saturated rings. The van der Waals surface area contributed by atoms with E-state index in [-0.39, 0.29) is 11.7 Å². The van der Waals surface area contributed by atoms with Crippen molar-refractivity contribution >= 4 is 28.2 Å². The molecule has 1 amide bonds. The van der Waals surface area contributed by atoms with Gasteiger partial charge >= 0.3 is 0 Å². The largest absolute Gasteiger partial charge is 0.383 e. The zero-order chi connectivity index (χ0) is 20.1. The molecule has 29 heavy (non-hydrogen) atoms. The summed E-state index contributed by atoms with van der Waals surface area (Å²) in [6.07, 6.45) is 3.85. The molecule has 0 bridgehead atoms. The van der Waals surface area contributed by atoms with Gasteiger partial charge in [-0.15, -0.1) is 0 Å². The Balaban J connectivity index is 1.38. The topological polar surface area (TPSA) is 66.9 Å². The van der Waals surface area contributed by atoms with Gasteiger partial charge in [-0.25, -0.2) is 9.37 Å². The number of carbonyl (C=O) groups excluding carboxylic acids is 1. The Labute approximate surface area is 167 Å². The van der Waals surface area contributed by atoms with Crippen molar-refractivity contribution in [2.24, 2.45) is 0 Å². The Morgan fingerprint density at radius 1 is 0.931 bits per heavy atom. The summed E-state index contributed by atoms with van der Waals surface area (Å²) >= 11 is 0. The summed E-state index contributed by atoms with van der Waals surface area (Å²) in [5.74, 6) is -0.511. The van der Waals surface area contributed by atoms with Gasteiger partial charge < -0.3 is 10.6 Å². The van der Waals surface area contributed by atoms with Crippen LogP contribution in [0, 0.1) is 5.82 Å². The SMILES string of the molecule is O=C(Nc1cccc2cccnc12)c1ccc(NCCc2ccccc2F)cn1. The van der Waals surface area contributed by atoms with E-state index < -0.39 is 0 Å². The number of hydrogen-bond donors (Lipinski definition) is 2. The molecule has 2 aromatic carbocycles. The van der Waals surface area contributed by atoms with Crippen LogP contribution in [0.3, 0.4) is 0 Å². The molecule has 2 aromatic heterocycles. The number of hydrogen-bond acceptors (Lipinski definition) is 4. The van der Waals surface area contributed by atoms with Crippen LogP contribution >= 0.6 is 0 Å². The first kappa shape index (κ1) is 18.6. The number of para-hydroxylation sites is 1. The molecular weight excluding hydrogens is 367 g/mol. The van der Waals surface area contributed by atoms with Crippen LogP contribution in [-0.2, 0) is 6.42 Å². The molecular formula is C23H19FN4O. The second kappa shape index (κ2) is 8.48. The van der Waals surface area contributed by atoms with Crippen molar-refractivity contribution in [3.05, 3.63) is 96.2 Å². The van der Waals surface area contributed by atoms with Crippen LogP contribution in [-0.4, -0.2) is 22.4 Å². The summed E-state index contributed by atoms with van der Waals surface area (Å²) in [7, 11) is 0. The number of pyridine rings is 2. The molecule has 4 rings (SSSR count). The second-order valence-electron chi connectivity index (χ2n) is 6.54. The maximum atomic E-state index is 13.6. The molecule has 0 unspecified atom stereocenters. The first-order chi connectivity index (χ1) is 14.2. The van der Waals surface area contributed by atoms with Crippen molar-refractivity contribution in [1.82, 2.24) is 9.97 Å². The smallest absolute Gasteiger partial charge is 0.274 e. The van der Waals surface area contributed by atoms with Crippen LogP contribution in [0.25, 0.3) is 10.9 Å². The van der Waals surface area contributed by atoms with Gasteiger partial charge in [-0.2, -0.15) is 0 Å². The molecule has 0 aliphatic heterocycles. The monoisotopic (exact) mass is 386 g/mol. The summed E-state index contributed by atoms with van der Waals surface area (Å²) in [6.45, 7) is 0.565. The highest BCUT2D eigenvalue weighted by Crippen LogP contribution is 2.21. The van der Waals surface area contributed by atoms with Crippen molar-refractivity contribution in [3.63, 3.8) is 0 Å². The van der Waals surface area contributed by atoms with Crippen LogP contribution < -0.4 is 10.6 Å². The van der Waals surface area contributed by atoms with Crippen LogP contribution in [0.1, 0.15) is 16.1 Å². The van der Waals surface area contributed by atoms with Gasteiger partial charge in [0.15, 0.2) is 0 Å². The van der Waals surface area contributed by atoms with Crippen LogP contribution in [0.4, 0.5) is 15.8 Å². The lowest BCUT2D eigenvalue weighted by atomic mass is 10.1. The zero-order valence-corrected chi connectivity index (χ0v) is 15.6. The van der Waals surface area contributed by atoms with Crippen molar-refractivity contribution < 1.29 is 9.18 Å². The molecule has 2 heterocycles. The van der Waals surface area contributed by atoms with E-state index in [1.807, 2.05) is 36.4 Å². The highest BCUT2D eigenvalue weighted by atomic mass is 19.1. The van der Waals surface area contributed by atoms with Crippen LogP contribution in [0.15, 0.2) is 79.1 Å². The lowest BCUT2D eigenvalue weighted by molar-refractivity contribution is 0.102. The molecule has 0 spiro atoms. The van der Waals surface area contributed by atoms with Gasteiger partial charge in [0.25, 0.3) is 5.91 Å². The fourth-order valence-electron chi connectivity index (χ4n) is 3.07. The van der Waals surface area contributed by atoms with E-state index in [0.29, 0.717) is 29.9 Å². The van der Waals surface area contributed by atoms with E-state index >= 15 is 0 Å². The van der Waals surface area contributed by atoms with Gasteiger partial charge in [-0.3, -0.25) is 9.78 Å². The Morgan fingerprint density at radius 3 is 2.62 bits per heavy atom. The summed E-state index contributed by atoms with van der Waals surface area (Å²) in [6, 6.07) is 19.6. The van der Waals surface area contributed by atoms with Crippen molar-refractivity contribution in [2.75, 3.05) is 17.2 Å².